The predicted molar refractivity (Wildman–Crippen MR) is 156 cm³/mol. The Labute approximate surface area is 247 Å². The molecule has 0 saturated heterocycles. The van der Waals surface area contributed by atoms with Crippen LogP contribution in [0.25, 0.3) is 17.4 Å². The van der Waals surface area contributed by atoms with Crippen LogP contribution in [0.3, 0.4) is 0 Å². The van der Waals surface area contributed by atoms with Gasteiger partial charge in [-0.1, -0.05) is 29.0 Å². The van der Waals surface area contributed by atoms with Gasteiger partial charge in [0.15, 0.2) is 16.3 Å². The van der Waals surface area contributed by atoms with Crippen LogP contribution in [-0.4, -0.2) is 36.3 Å². The van der Waals surface area contributed by atoms with E-state index in [4.69, 9.17) is 30.2 Å². The molecule has 1 aliphatic rings. The number of fused-ring (bicyclic) bond motifs is 1. The predicted octanol–water partition coefficient (Wildman–Crippen LogP) is 4.64. The molecule has 0 bridgehead atoms. The molecule has 1 unspecified atom stereocenters. The van der Waals surface area contributed by atoms with E-state index in [9.17, 15) is 19.7 Å². The van der Waals surface area contributed by atoms with Gasteiger partial charge < -0.3 is 18.6 Å². The Morgan fingerprint density at radius 3 is 2.60 bits per heavy atom. The maximum absolute atomic E-state index is 13.9. The van der Waals surface area contributed by atoms with Crippen molar-refractivity contribution in [3.8, 4) is 22.8 Å². The van der Waals surface area contributed by atoms with Gasteiger partial charge >= 0.3 is 5.97 Å². The zero-order valence-corrected chi connectivity index (χ0v) is 24.4. The number of nitro groups is 1. The number of allylic oxidation sites excluding steroid dienone is 1. The molecular weight excluding hydrogens is 586 g/mol. The van der Waals surface area contributed by atoms with Gasteiger partial charge in [0.2, 0.25) is 0 Å². The van der Waals surface area contributed by atoms with Gasteiger partial charge in [-0.05, 0) is 49.7 Å². The minimum Gasteiger partial charge on any atom is -0.493 e. The zero-order valence-electron chi connectivity index (χ0n) is 22.9. The summed E-state index contributed by atoms with van der Waals surface area (Å²) >= 11 is 7.41. The first-order chi connectivity index (χ1) is 20.2. The fourth-order valence-corrected chi connectivity index (χ4v) is 5.95. The van der Waals surface area contributed by atoms with Crippen molar-refractivity contribution < 1.29 is 28.3 Å². The molecular formula is C29H24ClN3O8S. The lowest BCUT2D eigenvalue weighted by Crippen LogP contribution is -2.39. The summed E-state index contributed by atoms with van der Waals surface area (Å²) in [6.45, 7) is 3.55. The lowest BCUT2D eigenvalue weighted by atomic mass is 9.95. The van der Waals surface area contributed by atoms with E-state index in [1.54, 1.807) is 50.3 Å². The summed E-state index contributed by atoms with van der Waals surface area (Å²) in [6, 6.07) is 11.7. The van der Waals surface area contributed by atoms with E-state index >= 15 is 0 Å². The summed E-state index contributed by atoms with van der Waals surface area (Å²) in [6.07, 6.45) is 1.57. The van der Waals surface area contributed by atoms with Crippen LogP contribution < -0.4 is 24.4 Å². The molecule has 5 rings (SSSR count). The lowest BCUT2D eigenvalue weighted by molar-refractivity contribution is -0.384. The zero-order chi connectivity index (χ0) is 30.1. The molecule has 0 amide bonds. The maximum Gasteiger partial charge on any atom is 0.338 e. The number of benzene rings is 2. The quantitative estimate of drug-likeness (QED) is 0.160. The Morgan fingerprint density at radius 2 is 1.93 bits per heavy atom. The first-order valence-corrected chi connectivity index (χ1v) is 13.8. The molecule has 13 heteroatoms. The van der Waals surface area contributed by atoms with E-state index < -0.39 is 16.9 Å². The molecule has 1 aliphatic heterocycles. The summed E-state index contributed by atoms with van der Waals surface area (Å²) in [5.74, 6) is 1.08. The summed E-state index contributed by atoms with van der Waals surface area (Å²) in [4.78, 5) is 42.5. The number of thiazole rings is 1. The van der Waals surface area contributed by atoms with E-state index in [1.165, 1.54) is 37.0 Å². The number of hydrogen-bond acceptors (Lipinski definition) is 10. The van der Waals surface area contributed by atoms with E-state index in [0.717, 1.165) is 11.3 Å². The monoisotopic (exact) mass is 609 g/mol. The number of carbonyl (C=O) groups excluding carboxylic acids is 1. The smallest absolute Gasteiger partial charge is 0.338 e. The van der Waals surface area contributed by atoms with Crippen LogP contribution in [0, 0.1) is 10.1 Å². The largest absolute Gasteiger partial charge is 0.493 e. The van der Waals surface area contributed by atoms with Gasteiger partial charge in [0.05, 0.1) is 52.6 Å². The number of furan rings is 1. The fraction of sp³-hybridized carbons (Fsp3) is 0.207. The number of ether oxygens (including phenoxy) is 3. The lowest BCUT2D eigenvalue weighted by Gasteiger charge is -2.25. The SMILES string of the molecule is CCOC(=O)C1=C(C)N=c2s/c(=C/c3ccc(-c4ccc([N+](=O)[O-])cc4Cl)o3)c(=O)n2C1c1ccc(OC)c(OC)c1. The standard InChI is InChI=1S/C29H24ClN3O8S/c1-5-40-28(35)25-15(2)31-29-32(26(25)16-6-10-22(38-3)23(12-16)39-4)27(34)24(42-29)14-18-8-11-21(41-18)19-9-7-17(33(36)37)13-20(19)30/h6-14,26H,5H2,1-4H3/b24-14+. The van der Waals surface area contributed by atoms with Crippen molar-refractivity contribution in [2.24, 2.45) is 4.99 Å². The molecule has 42 heavy (non-hydrogen) atoms. The third-order valence-corrected chi connectivity index (χ3v) is 7.87. The van der Waals surface area contributed by atoms with Crippen molar-refractivity contribution in [2.45, 2.75) is 19.9 Å². The molecule has 216 valence electrons. The number of methoxy groups -OCH3 is 2. The highest BCUT2D eigenvalue weighted by Gasteiger charge is 2.34. The topological polar surface area (TPSA) is 135 Å². The van der Waals surface area contributed by atoms with Crippen LogP contribution in [0.5, 0.6) is 11.5 Å². The van der Waals surface area contributed by atoms with Crippen molar-refractivity contribution in [1.29, 1.82) is 0 Å². The molecule has 4 aromatic rings. The second-order valence-electron chi connectivity index (χ2n) is 9.04. The van der Waals surface area contributed by atoms with Crippen molar-refractivity contribution in [3.63, 3.8) is 0 Å². The molecule has 0 spiro atoms. The third-order valence-electron chi connectivity index (χ3n) is 6.57. The number of nitro benzene ring substituents is 1. The minimum absolute atomic E-state index is 0.141. The van der Waals surface area contributed by atoms with Crippen molar-refractivity contribution in [2.75, 3.05) is 20.8 Å². The fourth-order valence-electron chi connectivity index (χ4n) is 4.65. The Morgan fingerprint density at radius 1 is 1.17 bits per heavy atom. The number of aromatic nitrogens is 1. The number of non-ortho nitro benzene ring substituents is 1. The number of nitrogens with zero attached hydrogens (tertiary/aromatic N) is 3. The molecule has 2 aromatic heterocycles. The van der Waals surface area contributed by atoms with Crippen LogP contribution in [0.1, 0.15) is 31.2 Å². The van der Waals surface area contributed by atoms with Crippen LogP contribution in [0.2, 0.25) is 5.02 Å². The Kier molecular flexibility index (Phi) is 8.01. The second-order valence-corrected chi connectivity index (χ2v) is 10.5. The molecule has 0 N–H and O–H groups in total. The van der Waals surface area contributed by atoms with Crippen LogP contribution >= 0.6 is 22.9 Å². The van der Waals surface area contributed by atoms with Gasteiger partial charge in [-0.3, -0.25) is 19.5 Å². The number of hydrogen-bond donors (Lipinski definition) is 0. The molecule has 0 aliphatic carbocycles. The van der Waals surface area contributed by atoms with Crippen molar-refractivity contribution in [1.82, 2.24) is 4.57 Å². The molecule has 0 fully saturated rings. The first kappa shape index (κ1) is 28.8. The highest BCUT2D eigenvalue weighted by atomic mass is 35.5. The number of esters is 1. The van der Waals surface area contributed by atoms with E-state index in [1.807, 2.05) is 0 Å². The van der Waals surface area contributed by atoms with E-state index in [2.05, 4.69) is 4.99 Å². The number of carbonyl (C=O) groups is 1. The van der Waals surface area contributed by atoms with Gasteiger partial charge in [-0.15, -0.1) is 0 Å². The third kappa shape index (κ3) is 5.21. The van der Waals surface area contributed by atoms with Gasteiger partial charge in [0.25, 0.3) is 11.2 Å². The number of halogens is 1. The average Bonchev–Trinajstić information content (AvgIpc) is 3.55. The summed E-state index contributed by atoms with van der Waals surface area (Å²) in [7, 11) is 3.02. The number of rotatable bonds is 8. The highest BCUT2D eigenvalue weighted by Crippen LogP contribution is 2.36. The van der Waals surface area contributed by atoms with Crippen LogP contribution in [0.4, 0.5) is 5.69 Å². The summed E-state index contributed by atoms with van der Waals surface area (Å²) < 4.78 is 23.9. The van der Waals surface area contributed by atoms with Crippen LogP contribution in [0.15, 0.2) is 74.0 Å². The summed E-state index contributed by atoms with van der Waals surface area (Å²) in [5, 5.41) is 11.2. The van der Waals surface area contributed by atoms with Gasteiger partial charge in [-0.2, -0.15) is 0 Å². The van der Waals surface area contributed by atoms with Crippen molar-refractivity contribution >= 4 is 40.7 Å². The maximum atomic E-state index is 13.9. The second kappa shape index (κ2) is 11.7. The summed E-state index contributed by atoms with van der Waals surface area (Å²) in [5.41, 5.74) is 1.19. The Bertz CT molecular complexity index is 1940. The normalized spacial score (nSPS) is 14.8. The van der Waals surface area contributed by atoms with Crippen LogP contribution in [-0.2, 0) is 9.53 Å². The molecule has 0 radical (unpaired) electrons. The molecule has 2 aromatic carbocycles. The molecule has 11 nitrogen and oxygen atoms in total. The molecule has 0 saturated carbocycles. The minimum atomic E-state index is -0.840. The van der Waals surface area contributed by atoms with Gasteiger partial charge in [0.1, 0.15) is 11.5 Å². The Hall–Kier alpha value is -4.68. The van der Waals surface area contributed by atoms with Gasteiger partial charge in [-0.25, -0.2) is 9.79 Å². The molecule has 1 atom stereocenters. The molecule has 3 heterocycles. The Balaban J connectivity index is 1.63. The van der Waals surface area contributed by atoms with Crippen molar-refractivity contribution in [3.05, 3.63) is 106 Å². The highest BCUT2D eigenvalue weighted by molar-refractivity contribution is 7.07. The first-order valence-electron chi connectivity index (χ1n) is 12.6. The van der Waals surface area contributed by atoms with E-state index in [0.29, 0.717) is 49.2 Å². The van der Waals surface area contributed by atoms with Gasteiger partial charge in [0, 0.05) is 23.8 Å². The van der Waals surface area contributed by atoms with E-state index in [-0.39, 0.29) is 28.4 Å². The average molecular weight is 610 g/mol.